The van der Waals surface area contributed by atoms with Gasteiger partial charge >= 0.3 is 0 Å². The molecule has 0 saturated carbocycles. The lowest BCUT2D eigenvalue weighted by atomic mass is 10.4. The van der Waals surface area contributed by atoms with Gasteiger partial charge in [0.2, 0.25) is 5.91 Å². The fourth-order valence-electron chi connectivity index (χ4n) is 1.05. The van der Waals surface area contributed by atoms with Crippen LogP contribution < -0.4 is 5.32 Å². The van der Waals surface area contributed by atoms with Crippen LogP contribution in [0.4, 0.5) is 0 Å². The first-order valence-electron chi connectivity index (χ1n) is 4.51. The van der Waals surface area contributed by atoms with Gasteiger partial charge in [0.1, 0.15) is 0 Å². The molecule has 6 heteroatoms. The van der Waals surface area contributed by atoms with Gasteiger partial charge in [-0.05, 0) is 7.05 Å². The zero-order chi connectivity index (χ0) is 10.4. The highest BCUT2D eigenvalue weighted by atomic mass is 35.5. The molecule has 4 nitrogen and oxygen atoms in total. The minimum atomic E-state index is 0. The number of nitrogens with one attached hydrogen (secondary N) is 1. The predicted octanol–water partition coefficient (Wildman–Crippen LogP) is 0.785. The summed E-state index contributed by atoms with van der Waals surface area (Å²) in [5.74, 6) is 0.115. The van der Waals surface area contributed by atoms with Gasteiger partial charge < -0.3 is 10.2 Å². The van der Waals surface area contributed by atoms with E-state index < -0.39 is 0 Å². The fourth-order valence-corrected chi connectivity index (χ4v) is 1.66. The van der Waals surface area contributed by atoms with Crippen molar-refractivity contribution in [2.75, 3.05) is 27.2 Å². The van der Waals surface area contributed by atoms with Crippen molar-refractivity contribution in [1.29, 1.82) is 0 Å². The summed E-state index contributed by atoms with van der Waals surface area (Å²) in [7, 11) is 3.58. The molecule has 0 aliphatic heterocycles. The predicted molar refractivity (Wildman–Crippen MR) is 64.6 cm³/mol. The lowest BCUT2D eigenvalue weighted by molar-refractivity contribution is -0.128. The van der Waals surface area contributed by atoms with Gasteiger partial charge in [0, 0.05) is 31.6 Å². The van der Waals surface area contributed by atoms with Crippen LogP contribution in [0.25, 0.3) is 0 Å². The van der Waals surface area contributed by atoms with Gasteiger partial charge in [0.15, 0.2) is 0 Å². The van der Waals surface area contributed by atoms with Gasteiger partial charge in [0.05, 0.1) is 11.6 Å². The summed E-state index contributed by atoms with van der Waals surface area (Å²) in [6.45, 7) is 1.13. The second-order valence-corrected chi connectivity index (χ2v) is 4.00. The van der Waals surface area contributed by atoms with E-state index in [0.717, 1.165) is 18.0 Å². The van der Waals surface area contributed by atoms with Crippen LogP contribution in [0.1, 0.15) is 5.01 Å². The van der Waals surface area contributed by atoms with Gasteiger partial charge in [-0.1, -0.05) is 0 Å². The summed E-state index contributed by atoms with van der Waals surface area (Å²) in [6, 6.07) is 0. The summed E-state index contributed by atoms with van der Waals surface area (Å²) >= 11 is 1.63. The second-order valence-electron chi connectivity index (χ2n) is 3.02. The van der Waals surface area contributed by atoms with Crippen molar-refractivity contribution in [2.24, 2.45) is 0 Å². The third-order valence-corrected chi connectivity index (χ3v) is 2.74. The number of halogens is 1. The van der Waals surface area contributed by atoms with Gasteiger partial charge in [0.25, 0.3) is 0 Å². The fraction of sp³-hybridized carbons (Fsp3) is 0.556. The molecule has 1 heterocycles. The van der Waals surface area contributed by atoms with Crippen LogP contribution in [-0.4, -0.2) is 43.0 Å². The topological polar surface area (TPSA) is 45.2 Å². The van der Waals surface area contributed by atoms with E-state index in [9.17, 15) is 4.79 Å². The van der Waals surface area contributed by atoms with Crippen molar-refractivity contribution < 1.29 is 4.79 Å². The Morgan fingerprint density at radius 1 is 1.67 bits per heavy atom. The Labute approximate surface area is 100 Å². The lowest BCUT2D eigenvalue weighted by Crippen LogP contribution is -2.35. The Morgan fingerprint density at radius 3 is 2.93 bits per heavy atom. The van der Waals surface area contributed by atoms with E-state index >= 15 is 0 Å². The number of aromatic nitrogens is 1. The van der Waals surface area contributed by atoms with Crippen molar-refractivity contribution in [1.82, 2.24) is 15.2 Å². The third-order valence-electron chi connectivity index (χ3n) is 1.90. The Morgan fingerprint density at radius 2 is 2.40 bits per heavy atom. The molecule has 0 fully saturated rings. The highest BCUT2D eigenvalue weighted by Gasteiger charge is 2.07. The quantitative estimate of drug-likeness (QED) is 0.839. The Balaban J connectivity index is 0.00000196. The molecule has 0 aliphatic carbocycles. The molecule has 86 valence electrons. The zero-order valence-corrected chi connectivity index (χ0v) is 10.5. The number of hydrogen-bond acceptors (Lipinski definition) is 4. The van der Waals surface area contributed by atoms with E-state index in [1.165, 1.54) is 0 Å². The minimum absolute atomic E-state index is 0. The van der Waals surface area contributed by atoms with Gasteiger partial charge in [-0.15, -0.1) is 23.7 Å². The first-order valence-corrected chi connectivity index (χ1v) is 5.39. The number of thiazole rings is 1. The number of carbonyl (C=O) groups is 1. The standard InChI is InChI=1S/C9H15N3OS.ClH/c1-10-7-9(13)12(2)5-3-8-11-4-6-14-8;/h4,6,10H,3,5,7H2,1-2H3;1H. The highest BCUT2D eigenvalue weighted by molar-refractivity contribution is 7.09. The van der Waals surface area contributed by atoms with E-state index in [1.807, 2.05) is 12.4 Å². The number of nitrogens with zero attached hydrogens (tertiary/aromatic N) is 2. The molecule has 0 saturated heterocycles. The monoisotopic (exact) mass is 249 g/mol. The van der Waals surface area contributed by atoms with Gasteiger partial charge in [-0.25, -0.2) is 4.98 Å². The minimum Gasteiger partial charge on any atom is -0.344 e. The van der Waals surface area contributed by atoms with Crippen molar-refractivity contribution in [2.45, 2.75) is 6.42 Å². The molecule has 1 amide bonds. The molecule has 15 heavy (non-hydrogen) atoms. The van der Waals surface area contributed by atoms with Crippen molar-refractivity contribution >= 4 is 29.7 Å². The SMILES string of the molecule is CNCC(=O)N(C)CCc1nccs1.Cl. The van der Waals surface area contributed by atoms with Gasteiger partial charge in [-0.2, -0.15) is 0 Å². The first-order chi connectivity index (χ1) is 6.74. The van der Waals surface area contributed by atoms with Crippen LogP contribution in [0.3, 0.4) is 0 Å². The second kappa shape index (κ2) is 7.62. The highest BCUT2D eigenvalue weighted by Crippen LogP contribution is 2.04. The molecule has 1 N–H and O–H groups in total. The number of carbonyl (C=O) groups excluding carboxylic acids is 1. The number of amides is 1. The average Bonchev–Trinajstić information content (AvgIpc) is 2.67. The van der Waals surface area contributed by atoms with Crippen LogP contribution >= 0.6 is 23.7 Å². The van der Waals surface area contributed by atoms with E-state index in [-0.39, 0.29) is 18.3 Å². The third kappa shape index (κ3) is 5.11. The zero-order valence-electron chi connectivity index (χ0n) is 8.90. The Hall–Kier alpha value is -0.650. The van der Waals surface area contributed by atoms with Crippen LogP contribution in [0.5, 0.6) is 0 Å². The smallest absolute Gasteiger partial charge is 0.236 e. The van der Waals surface area contributed by atoms with Crippen molar-refractivity contribution in [3.05, 3.63) is 16.6 Å². The summed E-state index contributed by atoms with van der Waals surface area (Å²) in [5.41, 5.74) is 0. The molecule has 1 aromatic heterocycles. The first kappa shape index (κ1) is 14.3. The summed E-state index contributed by atoms with van der Waals surface area (Å²) in [5, 5.41) is 5.86. The molecule has 1 aromatic rings. The van der Waals surface area contributed by atoms with Crippen LogP contribution in [0, 0.1) is 0 Å². The average molecular weight is 250 g/mol. The number of rotatable bonds is 5. The maximum atomic E-state index is 11.3. The molecule has 0 bridgehead atoms. The molecule has 0 atom stereocenters. The molecule has 0 spiro atoms. The lowest BCUT2D eigenvalue weighted by Gasteiger charge is -2.15. The Bertz CT molecular complexity index is 279. The molecule has 0 unspecified atom stereocenters. The van der Waals surface area contributed by atoms with E-state index in [4.69, 9.17) is 0 Å². The van der Waals surface area contributed by atoms with Crippen LogP contribution in [0.2, 0.25) is 0 Å². The van der Waals surface area contributed by atoms with Gasteiger partial charge in [-0.3, -0.25) is 4.79 Å². The molecule has 0 aliphatic rings. The molecule has 0 aromatic carbocycles. The Kier molecular flexibility index (Phi) is 7.29. The number of likely N-dealkylation sites (N-methyl/N-ethyl adjacent to an activating group) is 2. The molecule has 1 rings (SSSR count). The summed E-state index contributed by atoms with van der Waals surface area (Å²) in [6.07, 6.45) is 2.62. The molecular weight excluding hydrogens is 234 g/mol. The van der Waals surface area contributed by atoms with E-state index in [0.29, 0.717) is 6.54 Å². The van der Waals surface area contributed by atoms with E-state index in [2.05, 4.69) is 10.3 Å². The van der Waals surface area contributed by atoms with Crippen molar-refractivity contribution in [3.63, 3.8) is 0 Å². The normalized spacial score (nSPS) is 9.47. The summed E-state index contributed by atoms with van der Waals surface area (Å²) in [4.78, 5) is 17.2. The van der Waals surface area contributed by atoms with E-state index in [1.54, 1.807) is 29.5 Å². The van der Waals surface area contributed by atoms with Crippen LogP contribution in [0.15, 0.2) is 11.6 Å². The van der Waals surface area contributed by atoms with Crippen molar-refractivity contribution in [3.8, 4) is 0 Å². The summed E-state index contributed by atoms with van der Waals surface area (Å²) < 4.78 is 0. The largest absolute Gasteiger partial charge is 0.344 e. The van der Waals surface area contributed by atoms with Crippen LogP contribution in [-0.2, 0) is 11.2 Å². The molecular formula is C9H16ClN3OS. The number of hydrogen-bond donors (Lipinski definition) is 1. The molecule has 0 radical (unpaired) electrons. The maximum Gasteiger partial charge on any atom is 0.236 e. The maximum absolute atomic E-state index is 11.3.